The maximum Gasteiger partial charge on any atom is 0.347 e. The molecule has 2 aromatic rings. The Hall–Kier alpha value is -2.15. The molecule has 6 nitrogen and oxygen atoms in total. The van der Waals surface area contributed by atoms with Gasteiger partial charge in [0.05, 0.1) is 12.1 Å². The fourth-order valence-electron chi connectivity index (χ4n) is 2.06. The van der Waals surface area contributed by atoms with Crippen molar-refractivity contribution in [2.75, 3.05) is 7.11 Å². The van der Waals surface area contributed by atoms with Crippen LogP contribution in [0.1, 0.15) is 13.8 Å². The SMILES string of the molecule is COC(=O)[C@H](C)OC(=O)[C@H](C)Oc1cc(Cl)ccc1Oc1ccc(Cl)cc1Cl. The molecule has 0 aromatic heterocycles. The van der Waals surface area contributed by atoms with Gasteiger partial charge >= 0.3 is 11.9 Å². The van der Waals surface area contributed by atoms with Gasteiger partial charge in [0.1, 0.15) is 5.75 Å². The molecule has 0 aliphatic rings. The number of hydrogen-bond acceptors (Lipinski definition) is 6. The lowest BCUT2D eigenvalue weighted by molar-refractivity contribution is -0.168. The smallest absolute Gasteiger partial charge is 0.347 e. The molecule has 0 aliphatic carbocycles. The van der Waals surface area contributed by atoms with Gasteiger partial charge in [0, 0.05) is 16.1 Å². The second-order valence-electron chi connectivity index (χ2n) is 5.63. The van der Waals surface area contributed by atoms with Crippen LogP contribution in [0.4, 0.5) is 0 Å². The molecular weight excluding hydrogens is 431 g/mol. The molecule has 2 aromatic carbocycles. The fourth-order valence-corrected chi connectivity index (χ4v) is 2.67. The largest absolute Gasteiger partial charge is 0.475 e. The summed E-state index contributed by atoms with van der Waals surface area (Å²) in [5, 5.41) is 1.13. The maximum absolute atomic E-state index is 12.2. The first kappa shape index (κ1) is 22.1. The van der Waals surface area contributed by atoms with Crippen LogP contribution in [0.25, 0.3) is 0 Å². The highest BCUT2D eigenvalue weighted by molar-refractivity contribution is 6.35. The van der Waals surface area contributed by atoms with E-state index in [1.165, 1.54) is 33.1 Å². The first-order valence-electron chi connectivity index (χ1n) is 8.08. The first-order valence-corrected chi connectivity index (χ1v) is 9.22. The van der Waals surface area contributed by atoms with Crippen molar-refractivity contribution in [3.05, 3.63) is 51.5 Å². The highest BCUT2D eigenvalue weighted by Gasteiger charge is 2.25. The zero-order valence-corrected chi connectivity index (χ0v) is 17.5. The van der Waals surface area contributed by atoms with Gasteiger partial charge in [-0.1, -0.05) is 34.8 Å². The van der Waals surface area contributed by atoms with E-state index >= 15 is 0 Å². The lowest BCUT2D eigenvalue weighted by atomic mass is 10.3. The average molecular weight is 448 g/mol. The van der Waals surface area contributed by atoms with Crippen molar-refractivity contribution in [2.24, 2.45) is 0 Å². The Morgan fingerprint density at radius 2 is 1.43 bits per heavy atom. The number of esters is 2. The molecule has 2 rings (SSSR count). The van der Waals surface area contributed by atoms with Crippen LogP contribution in [0.2, 0.25) is 15.1 Å². The molecule has 0 amide bonds. The predicted molar refractivity (Wildman–Crippen MR) is 106 cm³/mol. The van der Waals surface area contributed by atoms with Crippen LogP contribution in [0.15, 0.2) is 36.4 Å². The normalized spacial score (nSPS) is 12.6. The molecule has 0 spiro atoms. The van der Waals surface area contributed by atoms with Gasteiger partial charge in [0.15, 0.2) is 23.7 Å². The third kappa shape index (κ3) is 5.92. The van der Waals surface area contributed by atoms with E-state index in [9.17, 15) is 9.59 Å². The Balaban J connectivity index is 2.17. The molecule has 0 radical (unpaired) electrons. The molecule has 9 heteroatoms. The fraction of sp³-hybridized carbons (Fsp3) is 0.263. The number of carbonyl (C=O) groups is 2. The molecule has 150 valence electrons. The second kappa shape index (κ2) is 9.87. The number of methoxy groups -OCH3 is 1. The third-order valence-corrected chi connectivity index (χ3v) is 4.25. The highest BCUT2D eigenvalue weighted by Crippen LogP contribution is 2.38. The Morgan fingerprint density at radius 3 is 2.04 bits per heavy atom. The Bertz CT molecular complexity index is 871. The molecule has 0 N–H and O–H groups in total. The highest BCUT2D eigenvalue weighted by atomic mass is 35.5. The van der Waals surface area contributed by atoms with Crippen molar-refractivity contribution in [1.82, 2.24) is 0 Å². The molecule has 0 aliphatic heterocycles. The Kier molecular flexibility index (Phi) is 7.80. The van der Waals surface area contributed by atoms with Gasteiger partial charge in [0.25, 0.3) is 0 Å². The summed E-state index contributed by atoms with van der Waals surface area (Å²) < 4.78 is 20.9. The topological polar surface area (TPSA) is 71.1 Å². The van der Waals surface area contributed by atoms with Crippen LogP contribution in [0, 0.1) is 0 Å². The van der Waals surface area contributed by atoms with Crippen molar-refractivity contribution in [1.29, 1.82) is 0 Å². The van der Waals surface area contributed by atoms with E-state index in [1.54, 1.807) is 24.3 Å². The molecule has 0 heterocycles. The van der Waals surface area contributed by atoms with Crippen molar-refractivity contribution in [3.63, 3.8) is 0 Å². The summed E-state index contributed by atoms with van der Waals surface area (Å²) in [4.78, 5) is 23.5. The number of carbonyl (C=O) groups excluding carboxylic acids is 2. The Labute approximate surface area is 177 Å². The molecule has 0 bridgehead atoms. The van der Waals surface area contributed by atoms with E-state index in [4.69, 9.17) is 49.0 Å². The number of hydrogen-bond donors (Lipinski definition) is 0. The monoisotopic (exact) mass is 446 g/mol. The Morgan fingerprint density at radius 1 is 0.821 bits per heavy atom. The molecule has 0 fully saturated rings. The summed E-state index contributed by atoms with van der Waals surface area (Å²) in [6.45, 7) is 2.86. The predicted octanol–water partition coefficient (Wildman–Crippen LogP) is 5.31. The summed E-state index contributed by atoms with van der Waals surface area (Å²) in [6.07, 6.45) is -2.11. The van der Waals surface area contributed by atoms with E-state index in [2.05, 4.69) is 4.74 Å². The van der Waals surface area contributed by atoms with E-state index in [-0.39, 0.29) is 11.5 Å². The molecule has 28 heavy (non-hydrogen) atoms. The number of rotatable bonds is 7. The van der Waals surface area contributed by atoms with Crippen LogP contribution in [0.5, 0.6) is 17.2 Å². The van der Waals surface area contributed by atoms with Crippen LogP contribution in [-0.2, 0) is 19.1 Å². The van der Waals surface area contributed by atoms with Crippen molar-refractivity contribution < 1.29 is 28.5 Å². The van der Waals surface area contributed by atoms with Gasteiger partial charge in [-0.05, 0) is 44.2 Å². The minimum Gasteiger partial charge on any atom is -0.475 e. The van der Waals surface area contributed by atoms with Gasteiger partial charge in [-0.15, -0.1) is 0 Å². The first-order chi connectivity index (χ1) is 13.2. The standard InChI is InChI=1S/C19H17Cl3O6/c1-10(18(23)25-3)27-19(24)11(2)26-17-9-13(21)5-7-16(17)28-15-6-4-12(20)8-14(15)22/h4-11H,1-3H3/t10-,11-/m0/s1. The minimum absolute atomic E-state index is 0.189. The lowest BCUT2D eigenvalue weighted by Gasteiger charge is -2.19. The van der Waals surface area contributed by atoms with E-state index in [1.807, 2.05) is 0 Å². The second-order valence-corrected chi connectivity index (χ2v) is 6.91. The third-order valence-electron chi connectivity index (χ3n) is 3.48. The zero-order chi connectivity index (χ0) is 20.8. The van der Waals surface area contributed by atoms with Crippen LogP contribution < -0.4 is 9.47 Å². The van der Waals surface area contributed by atoms with Crippen molar-refractivity contribution in [2.45, 2.75) is 26.1 Å². The van der Waals surface area contributed by atoms with Crippen LogP contribution in [0.3, 0.4) is 0 Å². The van der Waals surface area contributed by atoms with Gasteiger partial charge in [-0.2, -0.15) is 0 Å². The van der Waals surface area contributed by atoms with Crippen LogP contribution in [-0.4, -0.2) is 31.3 Å². The van der Waals surface area contributed by atoms with Gasteiger partial charge < -0.3 is 18.9 Å². The van der Waals surface area contributed by atoms with E-state index in [0.29, 0.717) is 20.8 Å². The van der Waals surface area contributed by atoms with E-state index in [0.717, 1.165) is 0 Å². The van der Waals surface area contributed by atoms with Gasteiger partial charge in [-0.25, -0.2) is 9.59 Å². The molecular formula is C19H17Cl3O6. The van der Waals surface area contributed by atoms with Crippen LogP contribution >= 0.6 is 34.8 Å². The maximum atomic E-state index is 12.2. The molecule has 0 saturated heterocycles. The molecule has 2 atom stereocenters. The minimum atomic E-state index is -1.06. The summed E-state index contributed by atoms with van der Waals surface area (Å²) >= 11 is 18.0. The summed E-state index contributed by atoms with van der Waals surface area (Å²) in [5.74, 6) is -0.631. The summed E-state index contributed by atoms with van der Waals surface area (Å²) in [7, 11) is 1.20. The van der Waals surface area contributed by atoms with E-state index < -0.39 is 24.1 Å². The van der Waals surface area contributed by atoms with Crippen molar-refractivity contribution >= 4 is 46.7 Å². The summed E-state index contributed by atoms with van der Waals surface area (Å²) in [5.41, 5.74) is 0. The van der Waals surface area contributed by atoms with Crippen molar-refractivity contribution in [3.8, 4) is 17.2 Å². The number of benzene rings is 2. The quantitative estimate of drug-likeness (QED) is 0.536. The molecule has 0 unspecified atom stereocenters. The lowest BCUT2D eigenvalue weighted by Crippen LogP contribution is -2.33. The summed E-state index contributed by atoms with van der Waals surface area (Å²) in [6, 6.07) is 9.39. The zero-order valence-electron chi connectivity index (χ0n) is 15.2. The number of halogens is 3. The number of ether oxygens (including phenoxy) is 4. The van der Waals surface area contributed by atoms with Gasteiger partial charge in [0.2, 0.25) is 0 Å². The average Bonchev–Trinajstić information content (AvgIpc) is 2.64. The van der Waals surface area contributed by atoms with Gasteiger partial charge in [-0.3, -0.25) is 0 Å². The molecule has 0 saturated carbocycles.